The molecule has 0 radical (unpaired) electrons. The Labute approximate surface area is 295 Å². The lowest BCUT2D eigenvalue weighted by Crippen LogP contribution is -2.30. The zero-order chi connectivity index (χ0) is 34.3. The van der Waals surface area contributed by atoms with E-state index < -0.39 is 16.1 Å². The van der Waals surface area contributed by atoms with Crippen molar-refractivity contribution in [2.75, 3.05) is 11.9 Å². The van der Waals surface area contributed by atoms with E-state index in [4.69, 9.17) is 9.72 Å². The van der Waals surface area contributed by atoms with Crippen molar-refractivity contribution in [2.24, 2.45) is 0 Å². The molecule has 0 bridgehead atoms. The van der Waals surface area contributed by atoms with Crippen LogP contribution in [0.3, 0.4) is 0 Å². The summed E-state index contributed by atoms with van der Waals surface area (Å²) in [7, 11) is -2.43. The van der Waals surface area contributed by atoms with Gasteiger partial charge in [0.1, 0.15) is 46.6 Å². The molecule has 250 valence electrons. The van der Waals surface area contributed by atoms with Gasteiger partial charge in [0.15, 0.2) is 0 Å². The number of fused-ring (bicyclic) bond motifs is 1. The summed E-state index contributed by atoms with van der Waals surface area (Å²) in [5, 5.41) is 6.29. The maximum atomic E-state index is 15.5. The van der Waals surface area contributed by atoms with Gasteiger partial charge in [-0.25, -0.2) is 23.7 Å². The topological polar surface area (TPSA) is 110 Å². The van der Waals surface area contributed by atoms with Gasteiger partial charge in [-0.3, -0.25) is 9.88 Å². The van der Waals surface area contributed by atoms with Crippen molar-refractivity contribution in [3.63, 3.8) is 0 Å². The van der Waals surface area contributed by atoms with Crippen LogP contribution in [0.1, 0.15) is 35.7 Å². The maximum Gasteiger partial charge on any atom is 0.225 e. The van der Waals surface area contributed by atoms with Crippen LogP contribution in [0.4, 0.5) is 20.3 Å². The Kier molecular flexibility index (Phi) is 11.0. The predicted octanol–water partition coefficient (Wildman–Crippen LogP) is 8.15. The minimum absolute atomic E-state index is 0.199. The molecule has 0 aliphatic carbocycles. The van der Waals surface area contributed by atoms with Crippen LogP contribution in [-0.4, -0.2) is 45.3 Å². The zero-order valence-corrected chi connectivity index (χ0v) is 29.3. The van der Waals surface area contributed by atoms with Gasteiger partial charge in [0.25, 0.3) is 0 Å². The maximum absolute atomic E-state index is 15.5. The Morgan fingerprint density at radius 3 is 2.67 bits per heavy atom. The standard InChI is InChI=1S/C35H29BrF2N6O3S2/c1-2-32(44(21-49(45)46)13-11-24-8-3-4-12-39-24)35-43-31(19-48-35)26-16-27-30(17-29(26)38)40-20-41-34(27)42-25-9-10-33(28(36)15-25)47-18-22-6-5-7-23(37)14-22/h3-10,12,14-17,19-21,32H,2,11,13,18H2,1H3,(H,40,41,42). The van der Waals surface area contributed by atoms with Gasteiger partial charge in [0.2, 0.25) is 10.3 Å². The molecule has 6 aromatic rings. The Hall–Kier alpha value is -4.63. The third kappa shape index (κ3) is 8.51. The molecule has 0 spiro atoms. The predicted molar refractivity (Wildman–Crippen MR) is 191 cm³/mol. The third-order valence-corrected chi connectivity index (χ3v) is 9.65. The number of nitrogens with one attached hydrogen (secondary N) is 1. The first-order valence-corrected chi connectivity index (χ1v) is 18.0. The molecule has 0 aliphatic heterocycles. The summed E-state index contributed by atoms with van der Waals surface area (Å²) in [6.07, 6.45) is 4.18. The summed E-state index contributed by atoms with van der Waals surface area (Å²) in [4.78, 5) is 19.6. The van der Waals surface area contributed by atoms with Gasteiger partial charge < -0.3 is 10.1 Å². The summed E-state index contributed by atoms with van der Waals surface area (Å²) in [6.45, 7) is 2.56. The molecule has 0 saturated heterocycles. The van der Waals surface area contributed by atoms with E-state index in [2.05, 4.69) is 36.2 Å². The van der Waals surface area contributed by atoms with E-state index in [1.54, 1.807) is 40.7 Å². The van der Waals surface area contributed by atoms with Gasteiger partial charge in [0.05, 0.1) is 21.7 Å². The molecule has 49 heavy (non-hydrogen) atoms. The summed E-state index contributed by atoms with van der Waals surface area (Å²) in [5.74, 6) is 0.212. The van der Waals surface area contributed by atoms with Crippen LogP contribution in [0.5, 0.6) is 5.75 Å². The molecule has 0 saturated carbocycles. The molecule has 1 unspecified atom stereocenters. The molecule has 6 rings (SSSR count). The molecule has 3 aromatic carbocycles. The number of anilines is 2. The normalized spacial score (nSPS) is 11.9. The summed E-state index contributed by atoms with van der Waals surface area (Å²) >= 11 is 4.89. The molecular weight excluding hydrogens is 734 g/mol. The zero-order valence-electron chi connectivity index (χ0n) is 26.1. The highest BCUT2D eigenvalue weighted by Crippen LogP contribution is 2.36. The van der Waals surface area contributed by atoms with Gasteiger partial charge in [-0.05, 0) is 76.4 Å². The van der Waals surface area contributed by atoms with Crippen LogP contribution in [0, 0.1) is 11.6 Å². The molecule has 0 aliphatic rings. The van der Waals surface area contributed by atoms with Crippen LogP contribution in [0.2, 0.25) is 0 Å². The Balaban J connectivity index is 1.24. The molecule has 3 aromatic heterocycles. The first-order chi connectivity index (χ1) is 23.8. The van der Waals surface area contributed by atoms with Crippen molar-refractivity contribution in [2.45, 2.75) is 32.4 Å². The van der Waals surface area contributed by atoms with Crippen LogP contribution in [0.15, 0.2) is 95.2 Å². The minimum Gasteiger partial charge on any atom is -0.488 e. The number of hydrogen-bond donors (Lipinski definition) is 1. The number of rotatable bonds is 13. The molecular formula is C35H29BrF2N6O3S2. The Bertz CT molecular complexity index is 2230. The van der Waals surface area contributed by atoms with E-state index in [9.17, 15) is 12.8 Å². The fraction of sp³-hybridized carbons (Fsp3) is 0.171. The van der Waals surface area contributed by atoms with Crippen molar-refractivity contribution in [1.82, 2.24) is 24.8 Å². The van der Waals surface area contributed by atoms with Gasteiger partial charge in [0, 0.05) is 52.9 Å². The molecule has 0 fully saturated rings. The number of nitrogens with zero attached hydrogens (tertiary/aromatic N) is 5. The largest absolute Gasteiger partial charge is 0.488 e. The highest BCUT2D eigenvalue weighted by molar-refractivity contribution is 9.10. The number of benzene rings is 3. The monoisotopic (exact) mass is 762 g/mol. The number of pyridine rings is 1. The van der Waals surface area contributed by atoms with Crippen LogP contribution >= 0.6 is 27.3 Å². The highest BCUT2D eigenvalue weighted by Gasteiger charge is 2.23. The number of hydrogen-bond acceptors (Lipinski definition) is 9. The van der Waals surface area contributed by atoms with E-state index in [0.29, 0.717) is 68.3 Å². The highest BCUT2D eigenvalue weighted by atomic mass is 79.9. The fourth-order valence-corrected chi connectivity index (χ4v) is 7.28. The quantitative estimate of drug-likeness (QED) is 0.117. The molecule has 14 heteroatoms. The lowest BCUT2D eigenvalue weighted by atomic mass is 10.1. The molecule has 9 nitrogen and oxygen atoms in total. The Morgan fingerprint density at radius 1 is 1.04 bits per heavy atom. The van der Waals surface area contributed by atoms with Crippen molar-refractivity contribution < 1.29 is 21.9 Å². The lowest BCUT2D eigenvalue weighted by Gasteiger charge is -2.24. The van der Waals surface area contributed by atoms with Crippen molar-refractivity contribution in [1.29, 1.82) is 0 Å². The molecule has 1 atom stereocenters. The Morgan fingerprint density at radius 2 is 1.92 bits per heavy atom. The third-order valence-electron chi connectivity index (χ3n) is 7.65. The summed E-state index contributed by atoms with van der Waals surface area (Å²) in [5.41, 5.74) is 4.50. The van der Waals surface area contributed by atoms with E-state index in [0.717, 1.165) is 5.69 Å². The average Bonchev–Trinajstić information content (AvgIpc) is 3.57. The van der Waals surface area contributed by atoms with Crippen LogP contribution in [-0.2, 0) is 23.3 Å². The van der Waals surface area contributed by atoms with Gasteiger partial charge in [-0.15, -0.1) is 11.3 Å². The van der Waals surface area contributed by atoms with Crippen LogP contribution < -0.4 is 10.1 Å². The second-order valence-electron chi connectivity index (χ2n) is 10.9. The number of thiazole rings is 1. The minimum atomic E-state index is -2.43. The second-order valence-corrected chi connectivity index (χ2v) is 13.4. The number of ether oxygens (including phenoxy) is 1. The van der Waals surface area contributed by atoms with Crippen molar-refractivity contribution in [3.8, 4) is 17.0 Å². The van der Waals surface area contributed by atoms with Gasteiger partial charge in [-0.1, -0.05) is 25.1 Å². The average molecular weight is 764 g/mol. The summed E-state index contributed by atoms with van der Waals surface area (Å²) < 4.78 is 59.1. The van der Waals surface area contributed by atoms with Crippen molar-refractivity contribution >= 4 is 65.5 Å². The first kappa shape index (κ1) is 34.2. The van der Waals surface area contributed by atoms with E-state index >= 15 is 4.39 Å². The molecule has 0 amide bonds. The molecule has 3 heterocycles. The second kappa shape index (κ2) is 15.7. The fourth-order valence-electron chi connectivity index (χ4n) is 5.29. The number of halogens is 3. The molecule has 1 N–H and O–H groups in total. The smallest absolute Gasteiger partial charge is 0.225 e. The lowest BCUT2D eigenvalue weighted by molar-refractivity contribution is 0.303. The SMILES string of the molecule is CCC(c1nc(-c2cc3c(Nc4ccc(OCc5cccc(F)c5)c(Br)c4)ncnc3cc2F)cs1)N(C=S(=O)=O)CCc1ccccn1. The van der Waals surface area contributed by atoms with E-state index in [1.165, 1.54) is 41.4 Å². The number of aromatic nitrogens is 4. The van der Waals surface area contributed by atoms with E-state index in [1.807, 2.05) is 37.3 Å². The summed E-state index contributed by atoms with van der Waals surface area (Å²) in [6, 6.07) is 19.9. The van der Waals surface area contributed by atoms with Gasteiger partial charge in [-0.2, -0.15) is 8.42 Å². The van der Waals surface area contributed by atoms with E-state index in [-0.39, 0.29) is 24.0 Å². The van der Waals surface area contributed by atoms with Crippen molar-refractivity contribution in [3.05, 3.63) is 123 Å². The first-order valence-electron chi connectivity index (χ1n) is 15.2. The van der Waals surface area contributed by atoms with Gasteiger partial charge >= 0.3 is 0 Å². The van der Waals surface area contributed by atoms with Crippen LogP contribution in [0.25, 0.3) is 22.2 Å².